The van der Waals surface area contributed by atoms with E-state index in [-0.39, 0.29) is 6.61 Å². The van der Waals surface area contributed by atoms with Crippen LogP contribution in [-0.4, -0.2) is 387 Å². The predicted molar refractivity (Wildman–Crippen MR) is 258 cm³/mol. The third-order valence-electron chi connectivity index (χ3n) is 15.6. The number of nitrogens with two attached hydrogens (primary N) is 1. The van der Waals surface area contributed by atoms with E-state index in [0.29, 0.717) is 25.8 Å². The van der Waals surface area contributed by atoms with Crippen LogP contribution in [0.2, 0.25) is 0 Å². The lowest BCUT2D eigenvalue weighted by molar-refractivity contribution is -0.372. The highest BCUT2D eigenvalue weighted by molar-refractivity contribution is 4.98. The molecule has 0 aromatic rings. The number of rotatable bonds is 25. The highest BCUT2D eigenvalue weighted by Gasteiger charge is 2.55. The van der Waals surface area contributed by atoms with Crippen molar-refractivity contribution in [1.29, 1.82) is 0 Å². The van der Waals surface area contributed by atoms with E-state index >= 15 is 0 Å². The Hall–Kier alpha value is -1.48. The van der Waals surface area contributed by atoms with Gasteiger partial charge in [0, 0.05) is 6.61 Å². The van der Waals surface area contributed by atoms with E-state index in [1.165, 1.54) is 0 Å². The van der Waals surface area contributed by atoms with Crippen LogP contribution in [0.5, 0.6) is 0 Å². The van der Waals surface area contributed by atoms with Gasteiger partial charge in [-0.2, -0.15) is 0 Å². The third-order valence-corrected chi connectivity index (χ3v) is 15.6. The first-order chi connectivity index (χ1) is 39.8. The second kappa shape index (κ2) is 31.5. The predicted octanol–water partition coefficient (Wildman–Crippen LogP) is -15.1. The molecule has 37 heteroatoms. The maximum absolute atomic E-state index is 11.7. The lowest BCUT2D eigenvalue weighted by Gasteiger charge is -2.47. The molecule has 0 aromatic carbocycles. The zero-order chi connectivity index (χ0) is 61.6. The van der Waals surface area contributed by atoms with E-state index in [1.807, 2.05) is 0 Å². The summed E-state index contributed by atoms with van der Waals surface area (Å²) in [6, 6.07) is 0. The molecule has 0 saturated carbocycles. The molecular formula is C47H83NO36. The molecule has 84 heavy (non-hydrogen) atoms. The number of hydrogen-bond acceptors (Lipinski definition) is 37. The molecule has 7 heterocycles. The van der Waals surface area contributed by atoms with E-state index in [0.717, 1.165) is 0 Å². The molecule has 7 rings (SSSR count). The molecule has 7 aliphatic rings. The van der Waals surface area contributed by atoms with Gasteiger partial charge in [-0.25, -0.2) is 0 Å². The monoisotopic (exact) mass is 1240 g/mol. The fourth-order valence-electron chi connectivity index (χ4n) is 10.2. The number of unbranched alkanes of at least 4 members (excludes halogenated alkanes) is 2. The van der Waals surface area contributed by atoms with Crippen LogP contribution in [0.15, 0.2) is 0 Å². The molecule has 492 valence electrons. The van der Waals surface area contributed by atoms with Crippen LogP contribution in [0.4, 0.5) is 0 Å². The minimum atomic E-state index is -2.14. The largest absolute Gasteiger partial charge is 0.394 e. The minimum absolute atomic E-state index is 0.0653. The van der Waals surface area contributed by atoms with Crippen molar-refractivity contribution in [3.63, 3.8) is 0 Å². The van der Waals surface area contributed by atoms with Crippen molar-refractivity contribution in [2.45, 2.75) is 234 Å². The number of ether oxygens (including phenoxy) is 14. The molecule has 37 nitrogen and oxygen atoms in total. The van der Waals surface area contributed by atoms with Gasteiger partial charge >= 0.3 is 0 Å². The van der Waals surface area contributed by atoms with Crippen molar-refractivity contribution in [3.8, 4) is 0 Å². The Morgan fingerprint density at radius 1 is 0.250 bits per heavy atom. The average molecular weight is 1240 g/mol. The first kappa shape index (κ1) is 70.0. The average Bonchev–Trinajstić information content (AvgIpc) is 2.90. The maximum Gasteiger partial charge on any atom is 0.187 e. The molecule has 0 unspecified atom stereocenters. The van der Waals surface area contributed by atoms with E-state index in [1.54, 1.807) is 0 Å². The van der Waals surface area contributed by atoms with Crippen molar-refractivity contribution >= 4 is 0 Å². The molecule has 0 amide bonds. The summed E-state index contributed by atoms with van der Waals surface area (Å²) in [5, 5.41) is 233. The Morgan fingerprint density at radius 2 is 0.500 bits per heavy atom. The molecular weight excluding hydrogens is 1150 g/mol. The van der Waals surface area contributed by atoms with Crippen molar-refractivity contribution in [1.82, 2.24) is 0 Å². The molecule has 7 aliphatic heterocycles. The minimum Gasteiger partial charge on any atom is -0.394 e. The van der Waals surface area contributed by atoms with E-state index < -0.39 is 261 Å². The quantitative estimate of drug-likeness (QED) is 0.0377. The molecule has 24 N–H and O–H groups in total. The fraction of sp³-hybridized carbons (Fsp3) is 1.00. The summed E-state index contributed by atoms with van der Waals surface area (Å²) in [6.07, 6.45) is -62.7. The van der Waals surface area contributed by atoms with Gasteiger partial charge in [-0.15, -0.1) is 0 Å². The van der Waals surface area contributed by atoms with Gasteiger partial charge in [-0.3, -0.25) is 0 Å². The van der Waals surface area contributed by atoms with Crippen LogP contribution in [0, 0.1) is 0 Å². The number of hydrogen-bond donors (Lipinski definition) is 23. The molecule has 0 radical (unpaired) electrons. The smallest absolute Gasteiger partial charge is 0.187 e. The Labute approximate surface area is 477 Å². The second-order valence-corrected chi connectivity index (χ2v) is 21.5. The van der Waals surface area contributed by atoms with Crippen LogP contribution in [0.3, 0.4) is 0 Å². The van der Waals surface area contributed by atoms with Gasteiger partial charge in [0.2, 0.25) is 0 Å². The Kier molecular flexibility index (Phi) is 26.2. The lowest BCUT2D eigenvalue weighted by Crippen LogP contribution is -2.65. The van der Waals surface area contributed by atoms with Gasteiger partial charge in [-0.1, -0.05) is 0 Å². The van der Waals surface area contributed by atoms with Crippen LogP contribution >= 0.6 is 0 Å². The summed E-state index contributed by atoms with van der Waals surface area (Å²) in [5.41, 5.74) is 5.60. The van der Waals surface area contributed by atoms with Crippen LogP contribution in [-0.2, 0) is 66.3 Å². The third kappa shape index (κ3) is 16.0. The molecule has 7 fully saturated rings. The van der Waals surface area contributed by atoms with Crippen LogP contribution in [0.25, 0.3) is 0 Å². The van der Waals surface area contributed by atoms with Gasteiger partial charge in [0.25, 0.3) is 0 Å². The van der Waals surface area contributed by atoms with Crippen molar-refractivity contribution < 1.29 is 179 Å². The van der Waals surface area contributed by atoms with Crippen molar-refractivity contribution in [2.24, 2.45) is 5.73 Å². The summed E-state index contributed by atoms with van der Waals surface area (Å²) >= 11 is 0. The fourth-order valence-corrected chi connectivity index (χ4v) is 10.2. The first-order valence-corrected chi connectivity index (χ1v) is 27.3. The summed E-state index contributed by atoms with van der Waals surface area (Å²) in [6.45, 7) is -5.19. The molecule has 0 aromatic heterocycles. The van der Waals surface area contributed by atoms with Gasteiger partial charge < -0.3 is 184 Å². The molecule has 0 bridgehead atoms. The Bertz CT molecular complexity index is 1930. The SMILES string of the molecule is NCCCCCO[C@H]1O[C@H](CO[C@H]2O[C@H](CO[C@H]3O[C@H](CO[C@H]4O[C@H](CO)[C@@H](O)[C@H](O)[C@@H]4O)[C@@H](O)[C@H](O)[C@@H]3O)[C@@H](O)[C@H](O)[C@@H]2O)[C@@H](O)[C@H](O[C@H]2O[C@H](CO[C@H]3O[C@H](CO[C@H]4O[C@H](CO)[C@@H](O)[C@H](O)[C@@H]4O)[C@@H](O)[C@H](O)[C@@H]3O)[C@@H](O)[C@H](O)[C@@H]2O)[C@@H]1O. The normalized spacial score (nSPS) is 50.5. The summed E-state index contributed by atoms with van der Waals surface area (Å²) in [7, 11) is 0. The Morgan fingerprint density at radius 3 is 0.798 bits per heavy atom. The summed E-state index contributed by atoms with van der Waals surface area (Å²) in [4.78, 5) is 0. The van der Waals surface area contributed by atoms with Crippen LogP contribution in [0.1, 0.15) is 19.3 Å². The standard InChI is InChI=1S/C47H83NO36/c48-4-2-1-3-5-71-46-39(70)40(84-47-38(69)32(63)25(56)18(83-47)11-75-44-36(67)30(61)23(54)16(80-44)9-73-42-34(65)28(59)21(52)14(7-50)78-42)26(57)19(82-46)12-76-45-37(68)31(62)24(55)17(81-45)10-74-43-35(66)29(60)22(53)15(79-43)8-72-41-33(64)27(58)20(51)13(6-49)77-41/h13-47,49-70H,1-12,48H2/t13-,14-,15-,16-,17-,18-,19-,20-,21-,22-,23-,24-,25-,26-,27+,28+,29+,30+,31+,32+,33+,34+,35+,36+,37+,38+,39+,40+,41+,42+,43+,44+,45+,46+,47-/m1/s1. The second-order valence-electron chi connectivity index (χ2n) is 21.5. The van der Waals surface area contributed by atoms with Crippen molar-refractivity contribution in [2.75, 3.05) is 59.4 Å². The van der Waals surface area contributed by atoms with E-state index in [2.05, 4.69) is 0 Å². The van der Waals surface area contributed by atoms with Gasteiger partial charge in [-0.05, 0) is 25.8 Å². The highest BCUT2D eigenvalue weighted by atomic mass is 16.8. The van der Waals surface area contributed by atoms with E-state index in [9.17, 15) is 112 Å². The number of aliphatic hydroxyl groups is 22. The summed E-state index contributed by atoms with van der Waals surface area (Å²) < 4.78 is 78.5. The Balaban J connectivity index is 0.973. The molecule has 0 spiro atoms. The first-order valence-electron chi connectivity index (χ1n) is 27.3. The van der Waals surface area contributed by atoms with Gasteiger partial charge in [0.15, 0.2) is 44.0 Å². The van der Waals surface area contributed by atoms with Gasteiger partial charge in [0.1, 0.15) is 171 Å². The molecule has 35 atom stereocenters. The zero-order valence-corrected chi connectivity index (χ0v) is 44.8. The zero-order valence-electron chi connectivity index (χ0n) is 44.8. The topological polar surface area (TPSA) is 600 Å². The summed E-state index contributed by atoms with van der Waals surface area (Å²) in [5.74, 6) is 0. The van der Waals surface area contributed by atoms with Gasteiger partial charge in [0.05, 0.1) is 46.2 Å². The molecule has 7 saturated heterocycles. The highest BCUT2D eigenvalue weighted by Crippen LogP contribution is 2.34. The number of aliphatic hydroxyl groups excluding tert-OH is 22. The van der Waals surface area contributed by atoms with E-state index in [4.69, 9.17) is 72.0 Å². The maximum atomic E-state index is 11.7. The van der Waals surface area contributed by atoms with Crippen LogP contribution < -0.4 is 5.73 Å². The van der Waals surface area contributed by atoms with Crippen molar-refractivity contribution in [3.05, 3.63) is 0 Å². The molecule has 0 aliphatic carbocycles. The lowest BCUT2D eigenvalue weighted by atomic mass is 9.96.